The number of ether oxygens (including phenoxy) is 1. The van der Waals surface area contributed by atoms with Crippen molar-refractivity contribution in [1.29, 1.82) is 0 Å². The van der Waals surface area contributed by atoms with Crippen LogP contribution in [0.3, 0.4) is 0 Å². The largest absolute Gasteiger partial charge is 0.366 e. The molecule has 2 heterocycles. The van der Waals surface area contributed by atoms with Crippen molar-refractivity contribution in [2.45, 2.75) is 18.9 Å². The summed E-state index contributed by atoms with van der Waals surface area (Å²) in [4.78, 5) is 27.3. The molecule has 2 amide bonds. The molecule has 0 aromatic carbocycles. The number of nitrogens with one attached hydrogen (secondary N) is 1. The van der Waals surface area contributed by atoms with Gasteiger partial charge >= 0.3 is 0 Å². The predicted octanol–water partition coefficient (Wildman–Crippen LogP) is -0.944. The van der Waals surface area contributed by atoms with E-state index >= 15 is 0 Å². The number of likely N-dealkylation sites (tertiary alicyclic amines) is 1. The van der Waals surface area contributed by atoms with Gasteiger partial charge in [-0.05, 0) is 12.8 Å². The predicted molar refractivity (Wildman–Crippen MR) is 66.1 cm³/mol. The van der Waals surface area contributed by atoms with Crippen LogP contribution in [0.5, 0.6) is 0 Å². The molecule has 1 atom stereocenters. The minimum absolute atomic E-state index is 0.0344. The van der Waals surface area contributed by atoms with Crippen molar-refractivity contribution in [2.75, 3.05) is 46.4 Å². The van der Waals surface area contributed by atoms with Crippen molar-refractivity contribution >= 4 is 11.8 Å². The summed E-state index contributed by atoms with van der Waals surface area (Å²) in [5.74, 6) is -0.0816. The Hall–Kier alpha value is -1.14. The van der Waals surface area contributed by atoms with Gasteiger partial charge in [-0.1, -0.05) is 0 Å². The molecule has 0 spiro atoms. The van der Waals surface area contributed by atoms with Crippen LogP contribution in [0.15, 0.2) is 0 Å². The van der Waals surface area contributed by atoms with Crippen LogP contribution < -0.4 is 5.32 Å². The van der Waals surface area contributed by atoms with Gasteiger partial charge in [-0.25, -0.2) is 0 Å². The van der Waals surface area contributed by atoms with Crippen molar-refractivity contribution in [2.24, 2.45) is 0 Å². The van der Waals surface area contributed by atoms with E-state index < -0.39 is 6.10 Å². The molecule has 6 nitrogen and oxygen atoms in total. The van der Waals surface area contributed by atoms with E-state index in [1.807, 2.05) is 4.90 Å². The molecule has 0 saturated carbocycles. The molecule has 2 aliphatic rings. The number of nitrogens with zero attached hydrogens (tertiary/aromatic N) is 2. The molecule has 0 aliphatic carbocycles. The smallest absolute Gasteiger partial charge is 0.253 e. The molecule has 6 heteroatoms. The average molecular weight is 255 g/mol. The Morgan fingerprint density at radius 3 is 2.72 bits per heavy atom. The zero-order valence-corrected chi connectivity index (χ0v) is 10.9. The van der Waals surface area contributed by atoms with Crippen molar-refractivity contribution < 1.29 is 14.3 Å². The van der Waals surface area contributed by atoms with Crippen LogP contribution in [0.2, 0.25) is 0 Å². The first-order chi connectivity index (χ1) is 8.68. The maximum atomic E-state index is 12.0. The van der Waals surface area contributed by atoms with Gasteiger partial charge in [0.05, 0.1) is 13.2 Å². The van der Waals surface area contributed by atoms with Crippen molar-refractivity contribution in [3.8, 4) is 0 Å². The van der Waals surface area contributed by atoms with E-state index in [-0.39, 0.29) is 18.4 Å². The fourth-order valence-electron chi connectivity index (χ4n) is 2.32. The van der Waals surface area contributed by atoms with Gasteiger partial charge in [-0.15, -0.1) is 0 Å². The lowest BCUT2D eigenvalue weighted by molar-refractivity contribution is -0.148. The topological polar surface area (TPSA) is 61.9 Å². The second-order valence-corrected chi connectivity index (χ2v) is 4.85. The molecule has 0 radical (unpaired) electrons. The van der Waals surface area contributed by atoms with Crippen LogP contribution in [0.25, 0.3) is 0 Å². The molecule has 1 unspecified atom stereocenters. The zero-order chi connectivity index (χ0) is 13.0. The first kappa shape index (κ1) is 13.3. The van der Waals surface area contributed by atoms with Crippen LogP contribution in [-0.2, 0) is 14.3 Å². The molecule has 2 rings (SSSR count). The molecule has 0 aromatic heterocycles. The fraction of sp³-hybridized carbons (Fsp3) is 0.833. The molecular formula is C12H21N3O3. The minimum atomic E-state index is -0.449. The van der Waals surface area contributed by atoms with E-state index in [0.29, 0.717) is 13.2 Å². The van der Waals surface area contributed by atoms with E-state index in [1.54, 1.807) is 7.05 Å². The van der Waals surface area contributed by atoms with Gasteiger partial charge < -0.3 is 19.9 Å². The molecule has 18 heavy (non-hydrogen) atoms. The molecular weight excluding hydrogens is 234 g/mol. The van der Waals surface area contributed by atoms with Gasteiger partial charge in [0.1, 0.15) is 6.10 Å². The first-order valence-corrected chi connectivity index (χ1v) is 6.53. The summed E-state index contributed by atoms with van der Waals surface area (Å²) < 4.78 is 5.39. The maximum absolute atomic E-state index is 12.0. The lowest BCUT2D eigenvalue weighted by Crippen LogP contribution is -2.50. The maximum Gasteiger partial charge on any atom is 0.253 e. The molecule has 2 fully saturated rings. The molecule has 102 valence electrons. The number of hydrogen-bond donors (Lipinski definition) is 1. The van der Waals surface area contributed by atoms with Crippen molar-refractivity contribution in [1.82, 2.24) is 15.1 Å². The SMILES string of the molecule is CN(CC(=O)N1CCCC1)C(=O)C1CNCCO1. The zero-order valence-electron chi connectivity index (χ0n) is 10.9. The van der Waals surface area contributed by atoms with Crippen molar-refractivity contribution in [3.05, 3.63) is 0 Å². The summed E-state index contributed by atoms with van der Waals surface area (Å²) in [6.07, 6.45) is 1.69. The Balaban J connectivity index is 1.80. The van der Waals surface area contributed by atoms with Crippen LogP contribution in [0.4, 0.5) is 0 Å². The quantitative estimate of drug-likeness (QED) is 0.707. The Morgan fingerprint density at radius 2 is 2.11 bits per heavy atom. The Kier molecular flexibility index (Phi) is 4.54. The monoisotopic (exact) mass is 255 g/mol. The lowest BCUT2D eigenvalue weighted by Gasteiger charge is -2.28. The third-order valence-corrected chi connectivity index (χ3v) is 3.41. The summed E-state index contributed by atoms with van der Waals surface area (Å²) in [5.41, 5.74) is 0. The molecule has 1 N–H and O–H groups in total. The highest BCUT2D eigenvalue weighted by molar-refractivity contribution is 5.87. The summed E-state index contributed by atoms with van der Waals surface area (Å²) in [6.45, 7) is 3.65. The summed E-state index contributed by atoms with van der Waals surface area (Å²) in [6, 6.07) is 0. The molecule has 2 saturated heterocycles. The van der Waals surface area contributed by atoms with Crippen LogP contribution >= 0.6 is 0 Å². The molecule has 0 aromatic rings. The number of carbonyl (C=O) groups is 2. The van der Waals surface area contributed by atoms with Crippen LogP contribution in [0, 0.1) is 0 Å². The number of amides is 2. The Bertz CT molecular complexity index is 310. The minimum Gasteiger partial charge on any atom is -0.366 e. The number of rotatable bonds is 3. The number of likely N-dealkylation sites (N-methyl/N-ethyl adjacent to an activating group) is 1. The Morgan fingerprint density at radius 1 is 1.39 bits per heavy atom. The molecule has 0 bridgehead atoms. The van der Waals surface area contributed by atoms with Gasteiger partial charge in [-0.2, -0.15) is 0 Å². The van der Waals surface area contributed by atoms with Crippen LogP contribution in [0.1, 0.15) is 12.8 Å². The van der Waals surface area contributed by atoms with Gasteiger partial charge in [0.2, 0.25) is 5.91 Å². The van der Waals surface area contributed by atoms with Gasteiger partial charge in [0, 0.05) is 33.2 Å². The number of hydrogen-bond acceptors (Lipinski definition) is 4. The highest BCUT2D eigenvalue weighted by Crippen LogP contribution is 2.08. The average Bonchev–Trinajstić information content (AvgIpc) is 2.92. The van der Waals surface area contributed by atoms with E-state index in [1.165, 1.54) is 4.90 Å². The van der Waals surface area contributed by atoms with Gasteiger partial charge in [0.15, 0.2) is 0 Å². The summed E-state index contributed by atoms with van der Waals surface area (Å²) in [7, 11) is 1.66. The van der Waals surface area contributed by atoms with E-state index in [9.17, 15) is 9.59 Å². The lowest BCUT2D eigenvalue weighted by atomic mass is 10.2. The number of carbonyl (C=O) groups excluding carboxylic acids is 2. The molecule has 2 aliphatic heterocycles. The van der Waals surface area contributed by atoms with E-state index in [4.69, 9.17) is 4.74 Å². The Labute approximate surface area is 107 Å². The van der Waals surface area contributed by atoms with Crippen molar-refractivity contribution in [3.63, 3.8) is 0 Å². The normalized spacial score (nSPS) is 24.1. The second kappa shape index (κ2) is 6.15. The first-order valence-electron chi connectivity index (χ1n) is 6.53. The third-order valence-electron chi connectivity index (χ3n) is 3.41. The van der Waals surface area contributed by atoms with E-state index in [0.717, 1.165) is 32.5 Å². The van der Waals surface area contributed by atoms with Gasteiger partial charge in [-0.3, -0.25) is 9.59 Å². The second-order valence-electron chi connectivity index (χ2n) is 4.85. The highest BCUT2D eigenvalue weighted by Gasteiger charge is 2.27. The fourth-order valence-corrected chi connectivity index (χ4v) is 2.32. The standard InChI is InChI=1S/C12H21N3O3/c1-14(9-11(16)15-5-2-3-6-15)12(17)10-8-13-4-7-18-10/h10,13H,2-9H2,1H3. The van der Waals surface area contributed by atoms with E-state index in [2.05, 4.69) is 5.32 Å². The number of morpholine rings is 1. The summed E-state index contributed by atoms with van der Waals surface area (Å²) >= 11 is 0. The van der Waals surface area contributed by atoms with Gasteiger partial charge in [0.25, 0.3) is 5.91 Å². The highest BCUT2D eigenvalue weighted by atomic mass is 16.5. The summed E-state index contributed by atoms with van der Waals surface area (Å²) in [5, 5.41) is 3.11. The van der Waals surface area contributed by atoms with Crippen LogP contribution in [-0.4, -0.2) is 74.1 Å². The third kappa shape index (κ3) is 3.20.